The monoisotopic (exact) mass is 846 g/mol. The number of rotatable bonds is 28. The Bertz CT molecular complexity index is 1770. The Labute approximate surface area is 376 Å². The van der Waals surface area contributed by atoms with Gasteiger partial charge in [-0.15, -0.1) is 0 Å². The molecule has 9 heteroatoms. The minimum atomic E-state index is -4.42. The molecular weight excluding hydrogens is 777 g/mol. The number of benzene rings is 4. The molecule has 0 heterocycles. The van der Waals surface area contributed by atoms with Gasteiger partial charge < -0.3 is 9.11 Å². The molecule has 4 aromatic rings. The molecule has 0 atom stereocenters. The summed E-state index contributed by atoms with van der Waals surface area (Å²) in [5.41, 5.74) is 1.94. The third-order valence-corrected chi connectivity index (χ3v) is 12.6. The van der Waals surface area contributed by atoms with Crippen LogP contribution in [0.4, 0.5) is 0 Å². The van der Waals surface area contributed by atoms with E-state index in [1.807, 2.05) is 48.5 Å². The molecule has 0 saturated carbocycles. The molecule has 0 aliphatic heterocycles. The quantitative estimate of drug-likeness (QED) is 0.0319. The van der Waals surface area contributed by atoms with E-state index in [1.165, 1.54) is 141 Å². The van der Waals surface area contributed by atoms with Gasteiger partial charge in [-0.25, -0.2) is 16.8 Å². The van der Waals surface area contributed by atoms with Crippen molar-refractivity contribution in [3.05, 3.63) is 83.9 Å². The molecule has 6 nitrogen and oxygen atoms in total. The number of fused-ring (bicyclic) bond motifs is 2. The molecule has 0 unspecified atom stereocenters. The SMILES string of the molecule is CCCCCCCCCCCCCCc1cc(S(=O)(=O)[O-])cc2ccccc12.CCCCCCCCCCCCCCc1cc(S(=O)(=O)[O-])cc2ccccc12.[Ca+2]. The average Bonchev–Trinajstić information content (AvgIpc) is 3.18. The second kappa shape index (κ2) is 29.7. The maximum atomic E-state index is 11.4. The fraction of sp³-hybridized carbons (Fsp3) is 0.583. The van der Waals surface area contributed by atoms with Crippen molar-refractivity contribution in [1.29, 1.82) is 0 Å². The van der Waals surface area contributed by atoms with Gasteiger partial charge in [0.25, 0.3) is 0 Å². The van der Waals surface area contributed by atoms with Crippen LogP contribution < -0.4 is 0 Å². The van der Waals surface area contributed by atoms with Gasteiger partial charge in [0, 0.05) is 0 Å². The maximum Gasteiger partial charge on any atom is 2.00 e. The van der Waals surface area contributed by atoms with Gasteiger partial charge in [-0.2, -0.15) is 0 Å². The van der Waals surface area contributed by atoms with Crippen molar-refractivity contribution in [1.82, 2.24) is 0 Å². The Morgan fingerprint density at radius 2 is 0.649 bits per heavy atom. The molecule has 0 radical (unpaired) electrons. The summed E-state index contributed by atoms with van der Waals surface area (Å²) < 4.78 is 68.7. The van der Waals surface area contributed by atoms with Crippen molar-refractivity contribution in [2.75, 3.05) is 0 Å². The predicted octanol–water partition coefficient (Wildman–Crippen LogP) is 13.6. The largest absolute Gasteiger partial charge is 2.00 e. The van der Waals surface area contributed by atoms with E-state index in [9.17, 15) is 25.9 Å². The standard InChI is InChI=1S/2C24H36O3S.Ca/c2*1-2-3-4-5-6-7-8-9-10-11-12-13-16-21-19-23(28(25,26)27)20-22-17-14-15-18-24(21)22;/h2*14-15,17-20H,2-13,16H2,1H3,(H,25,26,27);/q;;+2/p-2. The molecule has 0 aliphatic carbocycles. The van der Waals surface area contributed by atoms with E-state index in [0.717, 1.165) is 71.2 Å². The normalized spacial score (nSPS) is 11.7. The van der Waals surface area contributed by atoms with Gasteiger partial charge in [0.15, 0.2) is 0 Å². The zero-order valence-electron chi connectivity index (χ0n) is 35.3. The van der Waals surface area contributed by atoms with E-state index in [-0.39, 0.29) is 47.5 Å². The van der Waals surface area contributed by atoms with Gasteiger partial charge in [-0.05, 0) is 82.6 Å². The van der Waals surface area contributed by atoms with Crippen LogP contribution in [-0.2, 0) is 33.1 Å². The van der Waals surface area contributed by atoms with E-state index in [4.69, 9.17) is 0 Å². The molecule has 57 heavy (non-hydrogen) atoms. The summed E-state index contributed by atoms with van der Waals surface area (Å²) >= 11 is 0. The summed E-state index contributed by atoms with van der Waals surface area (Å²) in [6.45, 7) is 4.51. The van der Waals surface area contributed by atoms with Crippen LogP contribution in [0.1, 0.15) is 179 Å². The van der Waals surface area contributed by atoms with Gasteiger partial charge >= 0.3 is 37.7 Å². The Kier molecular flexibility index (Phi) is 26.9. The first-order valence-corrected chi connectivity index (χ1v) is 24.8. The van der Waals surface area contributed by atoms with Gasteiger partial charge in [0.1, 0.15) is 20.2 Å². The van der Waals surface area contributed by atoms with Gasteiger partial charge in [-0.3, -0.25) is 0 Å². The van der Waals surface area contributed by atoms with Crippen molar-refractivity contribution in [3.8, 4) is 0 Å². The third kappa shape index (κ3) is 21.0. The van der Waals surface area contributed by atoms with E-state index in [0.29, 0.717) is 0 Å². The third-order valence-electron chi connectivity index (χ3n) is 11.0. The van der Waals surface area contributed by atoms with Crippen LogP contribution in [0.3, 0.4) is 0 Å². The molecule has 0 amide bonds. The van der Waals surface area contributed by atoms with Crippen LogP contribution in [0.2, 0.25) is 0 Å². The first-order chi connectivity index (χ1) is 27.0. The first-order valence-electron chi connectivity index (χ1n) is 22.0. The van der Waals surface area contributed by atoms with Crippen molar-refractivity contribution < 1.29 is 25.9 Å². The van der Waals surface area contributed by atoms with Crippen LogP contribution in [0.5, 0.6) is 0 Å². The topological polar surface area (TPSA) is 114 Å². The molecule has 0 spiro atoms. The average molecular weight is 847 g/mol. The number of hydrogen-bond donors (Lipinski definition) is 0. The molecule has 0 fully saturated rings. The summed E-state index contributed by atoms with van der Waals surface area (Å²) in [6.07, 6.45) is 32.8. The maximum absolute atomic E-state index is 11.4. The zero-order chi connectivity index (χ0) is 40.5. The number of unbranched alkanes of at least 4 members (excludes halogenated alkanes) is 22. The molecule has 0 saturated heterocycles. The Morgan fingerprint density at radius 3 is 0.930 bits per heavy atom. The molecule has 4 rings (SSSR count). The summed E-state index contributed by atoms with van der Waals surface area (Å²) in [7, 11) is -8.85. The summed E-state index contributed by atoms with van der Waals surface area (Å²) in [5.74, 6) is 0. The van der Waals surface area contributed by atoms with E-state index >= 15 is 0 Å². The number of hydrogen-bond acceptors (Lipinski definition) is 6. The minimum Gasteiger partial charge on any atom is -0.744 e. The minimum absolute atomic E-state index is 0. The van der Waals surface area contributed by atoms with Crippen molar-refractivity contribution in [3.63, 3.8) is 0 Å². The molecular formula is C48H70CaO6S2. The van der Waals surface area contributed by atoms with Gasteiger partial charge in [-0.1, -0.05) is 204 Å². The van der Waals surface area contributed by atoms with E-state index < -0.39 is 20.2 Å². The zero-order valence-corrected chi connectivity index (χ0v) is 39.1. The Morgan fingerprint density at radius 1 is 0.386 bits per heavy atom. The number of aryl methyl sites for hydroxylation is 2. The molecule has 4 aromatic carbocycles. The van der Waals surface area contributed by atoms with Crippen LogP contribution in [0.15, 0.2) is 82.6 Å². The fourth-order valence-corrected chi connectivity index (χ4v) is 8.85. The van der Waals surface area contributed by atoms with Crippen LogP contribution >= 0.6 is 0 Å². The molecule has 0 N–H and O–H groups in total. The first kappa shape index (κ1) is 51.6. The van der Waals surface area contributed by atoms with Crippen molar-refractivity contribution in [2.45, 2.75) is 191 Å². The molecule has 312 valence electrons. The van der Waals surface area contributed by atoms with Gasteiger partial charge in [0.2, 0.25) is 0 Å². The second-order valence-electron chi connectivity index (χ2n) is 15.8. The Hall–Kier alpha value is -1.52. The van der Waals surface area contributed by atoms with Crippen LogP contribution in [-0.4, -0.2) is 63.7 Å². The van der Waals surface area contributed by atoms with Crippen LogP contribution in [0.25, 0.3) is 21.5 Å². The van der Waals surface area contributed by atoms with Crippen molar-refractivity contribution in [2.24, 2.45) is 0 Å². The van der Waals surface area contributed by atoms with Gasteiger partial charge in [0.05, 0.1) is 9.79 Å². The molecule has 0 aromatic heterocycles. The van der Waals surface area contributed by atoms with Crippen LogP contribution in [0, 0.1) is 0 Å². The van der Waals surface area contributed by atoms with E-state index in [1.54, 1.807) is 12.1 Å². The summed E-state index contributed by atoms with van der Waals surface area (Å²) in [6, 6.07) is 21.5. The molecule has 0 aliphatic rings. The predicted molar refractivity (Wildman–Crippen MR) is 239 cm³/mol. The van der Waals surface area contributed by atoms with Crippen molar-refractivity contribution >= 4 is 79.5 Å². The van der Waals surface area contributed by atoms with E-state index in [2.05, 4.69) is 13.8 Å². The second-order valence-corrected chi connectivity index (χ2v) is 18.6. The summed E-state index contributed by atoms with van der Waals surface area (Å²) in [4.78, 5) is -0.222. The fourth-order valence-electron chi connectivity index (χ4n) is 7.73. The smallest absolute Gasteiger partial charge is 0.744 e. The summed E-state index contributed by atoms with van der Waals surface area (Å²) in [5, 5.41) is 3.76. The molecule has 0 bridgehead atoms. The Balaban J connectivity index is 0.000000387.